The van der Waals surface area contributed by atoms with Gasteiger partial charge in [0.2, 0.25) is 5.91 Å². The highest BCUT2D eigenvalue weighted by Crippen LogP contribution is 1.89. The Balaban J connectivity index is 3.22. The molecule has 7 heteroatoms. The van der Waals surface area contributed by atoms with Crippen molar-refractivity contribution in [3.05, 3.63) is 0 Å². The van der Waals surface area contributed by atoms with Crippen molar-refractivity contribution in [1.29, 1.82) is 0 Å². The minimum absolute atomic E-state index is 0.0113. The van der Waals surface area contributed by atoms with Crippen molar-refractivity contribution in [1.82, 2.24) is 5.32 Å². The second-order valence-electron chi connectivity index (χ2n) is 3.55. The van der Waals surface area contributed by atoms with Gasteiger partial charge in [-0.25, -0.2) is 0 Å². The zero-order chi connectivity index (χ0) is 13.8. The van der Waals surface area contributed by atoms with Gasteiger partial charge in [0.25, 0.3) is 0 Å². The Kier molecular flexibility index (Phi) is 9.57. The van der Waals surface area contributed by atoms with Gasteiger partial charge in [0, 0.05) is 26.5 Å². The third kappa shape index (κ3) is 12.4. The molecule has 2 N–H and O–H groups in total. The van der Waals surface area contributed by atoms with Crippen LogP contribution < -0.4 is 5.32 Å². The summed E-state index contributed by atoms with van der Waals surface area (Å²) in [7, 11) is 0. The molecular weight excluding hydrogens is 242 g/mol. The Morgan fingerprint density at radius 3 is 2.44 bits per heavy atom. The third-order valence-corrected chi connectivity index (χ3v) is 1.89. The van der Waals surface area contributed by atoms with E-state index in [2.05, 4.69) is 10.1 Å². The molecule has 1 amide bonds. The summed E-state index contributed by atoms with van der Waals surface area (Å²) >= 11 is 0. The minimum Gasteiger partial charge on any atom is -0.481 e. The van der Waals surface area contributed by atoms with Crippen LogP contribution in [0.15, 0.2) is 0 Å². The summed E-state index contributed by atoms with van der Waals surface area (Å²) in [6, 6.07) is 0. The number of hydrogen-bond donors (Lipinski definition) is 2. The fourth-order valence-electron chi connectivity index (χ4n) is 1.06. The molecule has 0 rings (SSSR count). The van der Waals surface area contributed by atoms with E-state index >= 15 is 0 Å². The topological polar surface area (TPSA) is 102 Å². The van der Waals surface area contributed by atoms with E-state index in [0.717, 1.165) is 0 Å². The van der Waals surface area contributed by atoms with Gasteiger partial charge in [-0.15, -0.1) is 0 Å². The predicted octanol–water partition coefficient (Wildman–Crippen LogP) is -0.0628. The molecule has 0 aromatic heterocycles. The van der Waals surface area contributed by atoms with Gasteiger partial charge >= 0.3 is 11.9 Å². The van der Waals surface area contributed by atoms with Crippen LogP contribution in [0.25, 0.3) is 0 Å². The zero-order valence-electron chi connectivity index (χ0n) is 10.4. The van der Waals surface area contributed by atoms with Crippen LogP contribution in [-0.4, -0.2) is 49.3 Å². The first-order valence-corrected chi connectivity index (χ1v) is 5.72. The molecule has 0 aliphatic carbocycles. The number of aliphatic carboxylic acids is 1. The van der Waals surface area contributed by atoms with E-state index in [4.69, 9.17) is 9.84 Å². The van der Waals surface area contributed by atoms with Gasteiger partial charge in [0.05, 0.1) is 13.0 Å². The van der Waals surface area contributed by atoms with Gasteiger partial charge in [-0.2, -0.15) is 0 Å². The van der Waals surface area contributed by atoms with Gasteiger partial charge in [-0.1, -0.05) is 0 Å². The van der Waals surface area contributed by atoms with Crippen LogP contribution in [-0.2, 0) is 23.9 Å². The average molecular weight is 261 g/mol. The number of hydrogen-bond acceptors (Lipinski definition) is 5. The van der Waals surface area contributed by atoms with E-state index in [1.54, 1.807) is 0 Å². The first-order chi connectivity index (χ1) is 8.52. The van der Waals surface area contributed by atoms with Crippen molar-refractivity contribution in [2.75, 3.05) is 26.4 Å². The second-order valence-corrected chi connectivity index (χ2v) is 3.55. The number of carbonyl (C=O) groups excluding carboxylic acids is 2. The summed E-state index contributed by atoms with van der Waals surface area (Å²) in [5, 5.41) is 10.9. The van der Waals surface area contributed by atoms with Crippen LogP contribution in [0.1, 0.15) is 26.2 Å². The lowest BCUT2D eigenvalue weighted by molar-refractivity contribution is -0.142. The molecule has 0 heterocycles. The molecule has 0 spiro atoms. The number of ether oxygens (including phenoxy) is 2. The maximum absolute atomic E-state index is 11.1. The largest absolute Gasteiger partial charge is 0.481 e. The molecule has 0 atom stereocenters. The van der Waals surface area contributed by atoms with E-state index in [1.807, 2.05) is 0 Å². The van der Waals surface area contributed by atoms with Crippen LogP contribution in [0.5, 0.6) is 0 Å². The molecule has 0 saturated heterocycles. The van der Waals surface area contributed by atoms with Gasteiger partial charge in [-0.3, -0.25) is 14.4 Å². The highest BCUT2D eigenvalue weighted by Gasteiger charge is 2.03. The summed E-state index contributed by atoms with van der Waals surface area (Å²) in [6.45, 7) is 2.76. The standard InChI is InChI=1S/C11H19NO6/c1-9(13)18-8-7-17-6-2-5-12-10(14)3-4-11(15)16/h2-8H2,1H3,(H,12,14)(H,15,16). The monoisotopic (exact) mass is 261 g/mol. The smallest absolute Gasteiger partial charge is 0.303 e. The SMILES string of the molecule is CC(=O)OCCOCCCNC(=O)CCC(=O)O. The normalized spacial score (nSPS) is 9.83. The van der Waals surface area contributed by atoms with Crippen molar-refractivity contribution in [2.24, 2.45) is 0 Å². The van der Waals surface area contributed by atoms with Crippen LogP contribution in [0, 0.1) is 0 Å². The van der Waals surface area contributed by atoms with Crippen LogP contribution >= 0.6 is 0 Å². The Labute approximate surface area is 105 Å². The molecule has 0 aromatic rings. The summed E-state index contributed by atoms with van der Waals surface area (Å²) < 4.78 is 9.79. The van der Waals surface area contributed by atoms with Crippen molar-refractivity contribution in [2.45, 2.75) is 26.2 Å². The number of carboxylic acids is 1. The fraction of sp³-hybridized carbons (Fsp3) is 0.727. The highest BCUT2D eigenvalue weighted by atomic mass is 16.6. The van der Waals surface area contributed by atoms with Gasteiger partial charge in [0.1, 0.15) is 6.61 Å². The Morgan fingerprint density at radius 1 is 1.11 bits per heavy atom. The average Bonchev–Trinajstić information content (AvgIpc) is 2.29. The number of carboxylic acid groups (broad SMARTS) is 1. The molecule has 0 fully saturated rings. The maximum atomic E-state index is 11.1. The molecule has 0 aliphatic heterocycles. The van der Waals surface area contributed by atoms with Gasteiger partial charge in [-0.05, 0) is 6.42 Å². The van der Waals surface area contributed by atoms with E-state index < -0.39 is 5.97 Å². The number of carbonyl (C=O) groups is 3. The first-order valence-electron chi connectivity index (χ1n) is 5.72. The minimum atomic E-state index is -0.987. The molecule has 0 saturated carbocycles. The lowest BCUT2D eigenvalue weighted by Crippen LogP contribution is -2.25. The molecule has 0 aromatic carbocycles. The van der Waals surface area contributed by atoms with Crippen molar-refractivity contribution >= 4 is 17.8 Å². The van der Waals surface area contributed by atoms with Crippen molar-refractivity contribution < 1.29 is 29.0 Å². The number of rotatable bonds is 10. The van der Waals surface area contributed by atoms with Crippen LogP contribution in [0.4, 0.5) is 0 Å². The second kappa shape index (κ2) is 10.5. The Hall–Kier alpha value is -1.63. The van der Waals surface area contributed by atoms with Gasteiger partial charge < -0.3 is 19.9 Å². The predicted molar refractivity (Wildman–Crippen MR) is 61.9 cm³/mol. The lowest BCUT2D eigenvalue weighted by Gasteiger charge is -2.06. The number of amides is 1. The van der Waals surface area contributed by atoms with Gasteiger partial charge in [0.15, 0.2) is 0 Å². The molecule has 18 heavy (non-hydrogen) atoms. The Bertz CT molecular complexity index is 279. The third-order valence-electron chi connectivity index (χ3n) is 1.89. The Morgan fingerprint density at radius 2 is 1.83 bits per heavy atom. The van der Waals surface area contributed by atoms with Crippen LogP contribution in [0.2, 0.25) is 0 Å². The molecule has 104 valence electrons. The molecule has 7 nitrogen and oxygen atoms in total. The lowest BCUT2D eigenvalue weighted by atomic mass is 10.3. The van der Waals surface area contributed by atoms with E-state index in [9.17, 15) is 14.4 Å². The highest BCUT2D eigenvalue weighted by molar-refractivity contribution is 5.80. The van der Waals surface area contributed by atoms with Crippen LogP contribution in [0.3, 0.4) is 0 Å². The molecule has 0 bridgehead atoms. The molecule has 0 radical (unpaired) electrons. The number of nitrogens with one attached hydrogen (secondary N) is 1. The van der Waals surface area contributed by atoms with E-state index in [1.165, 1.54) is 6.92 Å². The molecular formula is C11H19NO6. The zero-order valence-corrected chi connectivity index (χ0v) is 10.4. The first kappa shape index (κ1) is 16.4. The van der Waals surface area contributed by atoms with Crippen molar-refractivity contribution in [3.63, 3.8) is 0 Å². The fourth-order valence-corrected chi connectivity index (χ4v) is 1.06. The quantitative estimate of drug-likeness (QED) is 0.422. The van der Waals surface area contributed by atoms with Crippen molar-refractivity contribution in [3.8, 4) is 0 Å². The van der Waals surface area contributed by atoms with E-state index in [-0.39, 0.29) is 31.3 Å². The molecule has 0 unspecified atom stereocenters. The summed E-state index contributed by atoms with van der Waals surface area (Å²) in [5.74, 6) is -1.61. The summed E-state index contributed by atoms with van der Waals surface area (Å²) in [6.07, 6.45) is 0.451. The maximum Gasteiger partial charge on any atom is 0.303 e. The summed E-state index contributed by atoms with van der Waals surface area (Å²) in [5.41, 5.74) is 0. The summed E-state index contributed by atoms with van der Waals surface area (Å²) in [4.78, 5) is 31.7. The molecule has 0 aliphatic rings. The number of esters is 1. The van der Waals surface area contributed by atoms with E-state index in [0.29, 0.717) is 26.2 Å².